The molecule has 304 valence electrons. The minimum absolute atomic E-state index is 0.0150. The Balaban J connectivity index is 2.07. The smallest absolute Gasteiger partial charge is 0.248 e. The zero-order valence-corrected chi connectivity index (χ0v) is 38.1. The predicted molar refractivity (Wildman–Crippen MR) is 216 cm³/mol. The lowest BCUT2D eigenvalue weighted by molar-refractivity contribution is -0.329. The molecule has 2 heterocycles. The van der Waals surface area contributed by atoms with Gasteiger partial charge in [0.2, 0.25) is 5.91 Å². The molecule has 2 fully saturated rings. The van der Waals surface area contributed by atoms with Crippen molar-refractivity contribution in [3.8, 4) is 5.75 Å². The number of nitrogens with zero attached hydrogens (tertiary/aromatic N) is 1. The first-order valence-corrected chi connectivity index (χ1v) is 25.0. The summed E-state index contributed by atoms with van der Waals surface area (Å²) in [6.45, 7) is 36.5. The van der Waals surface area contributed by atoms with Gasteiger partial charge in [0.25, 0.3) is 0 Å². The van der Waals surface area contributed by atoms with Crippen molar-refractivity contribution in [2.75, 3.05) is 34.5 Å². The third-order valence-corrected chi connectivity index (χ3v) is 21.2. The molecule has 1 aromatic rings. The van der Waals surface area contributed by atoms with Crippen LogP contribution >= 0.6 is 0 Å². The van der Waals surface area contributed by atoms with E-state index < -0.39 is 46.3 Å². The van der Waals surface area contributed by atoms with Gasteiger partial charge in [0.1, 0.15) is 11.4 Å². The van der Waals surface area contributed by atoms with Crippen LogP contribution in [0.25, 0.3) is 0 Å². The van der Waals surface area contributed by atoms with Crippen LogP contribution in [0.1, 0.15) is 81.2 Å². The number of ether oxygens (including phenoxy) is 5. The Morgan fingerprint density at radius 1 is 0.943 bits per heavy atom. The van der Waals surface area contributed by atoms with E-state index in [1.54, 1.807) is 14.2 Å². The Morgan fingerprint density at radius 2 is 1.53 bits per heavy atom. The van der Waals surface area contributed by atoms with Crippen molar-refractivity contribution in [2.45, 2.75) is 154 Å². The molecule has 12 heteroatoms. The van der Waals surface area contributed by atoms with Crippen LogP contribution in [0.4, 0.5) is 0 Å². The van der Waals surface area contributed by atoms with Gasteiger partial charge in [-0.3, -0.25) is 9.63 Å². The summed E-state index contributed by atoms with van der Waals surface area (Å²) < 4.78 is 46.5. The van der Waals surface area contributed by atoms with E-state index in [1.807, 2.05) is 44.2 Å². The van der Waals surface area contributed by atoms with Gasteiger partial charge in [-0.25, -0.2) is 5.06 Å². The van der Waals surface area contributed by atoms with E-state index >= 15 is 0 Å². The highest BCUT2D eigenvalue weighted by molar-refractivity contribution is 6.74. The summed E-state index contributed by atoms with van der Waals surface area (Å²) in [6.07, 6.45) is 0.491. The van der Waals surface area contributed by atoms with E-state index in [0.717, 1.165) is 11.3 Å². The number of hydrogen-bond donors (Lipinski definition) is 0. The van der Waals surface area contributed by atoms with Gasteiger partial charge in [0.05, 0.1) is 58.3 Å². The van der Waals surface area contributed by atoms with Crippen molar-refractivity contribution >= 4 is 22.5 Å². The second-order valence-corrected chi connectivity index (χ2v) is 28.4. The van der Waals surface area contributed by atoms with Crippen molar-refractivity contribution in [1.29, 1.82) is 0 Å². The molecule has 53 heavy (non-hydrogen) atoms. The first-order chi connectivity index (χ1) is 24.2. The van der Waals surface area contributed by atoms with Crippen LogP contribution in [0.2, 0.25) is 36.3 Å². The number of hydrogen-bond acceptors (Lipinski definition) is 9. The Bertz CT molecular complexity index is 1360. The summed E-state index contributed by atoms with van der Waals surface area (Å²) in [6, 6.07) is 7.95. The standard InChI is InChI=1S/C41H73NO9Si2/c1-19-31-33(24-34(43)42(12)45-14)48-40(9,10)49-35(31)32(27-47-52(15,16)38(3,4)5)37(51-53(17,18)39(6,7)8)41(11)36(50-41)28(2)25-46-26-29-20-22-30(44-13)23-21-29/h19-23,28,31-33,35-37H,1,24-27H2,2-18H3/t28-,31-,32-,33-,35+,36+,37-,41?/m0/s1. The summed E-state index contributed by atoms with van der Waals surface area (Å²) in [7, 11) is 0.115. The van der Waals surface area contributed by atoms with Crippen LogP contribution in [-0.4, -0.2) is 97.9 Å². The molecule has 2 aliphatic rings. The molecule has 0 N–H and O–H groups in total. The lowest BCUT2D eigenvalue weighted by Crippen LogP contribution is -2.61. The molecular weight excluding hydrogens is 707 g/mol. The Labute approximate surface area is 323 Å². The molecule has 0 aromatic heterocycles. The molecule has 8 atom stereocenters. The van der Waals surface area contributed by atoms with Crippen molar-refractivity contribution in [1.82, 2.24) is 5.06 Å². The van der Waals surface area contributed by atoms with E-state index in [9.17, 15) is 4.79 Å². The maximum absolute atomic E-state index is 13.3. The lowest BCUT2D eigenvalue weighted by Gasteiger charge is -2.51. The molecule has 0 saturated carbocycles. The van der Waals surface area contributed by atoms with Gasteiger partial charge in [-0.1, -0.05) is 66.7 Å². The SMILES string of the molecule is C=C[C@@H]1[C@H]([C@H](CO[Si](C)(C)C(C)(C)C)[C@H](O[Si](C)(C)C(C)(C)C)C2(C)O[C@@H]2[C@@H](C)COCc2ccc(OC)cc2)OC(C)(C)O[C@H]1CC(=O)N(C)OC. The van der Waals surface area contributed by atoms with Crippen molar-refractivity contribution in [2.24, 2.45) is 17.8 Å². The highest BCUT2D eigenvalue weighted by Gasteiger charge is 2.65. The van der Waals surface area contributed by atoms with Gasteiger partial charge >= 0.3 is 0 Å². The first-order valence-electron chi connectivity index (χ1n) is 19.2. The third-order valence-electron chi connectivity index (χ3n) is 12.2. The Morgan fingerprint density at radius 3 is 2.04 bits per heavy atom. The van der Waals surface area contributed by atoms with Crippen LogP contribution in [0.3, 0.4) is 0 Å². The molecular formula is C41H73NO9Si2. The third kappa shape index (κ3) is 11.3. The van der Waals surface area contributed by atoms with Gasteiger partial charge in [-0.05, 0) is 74.7 Å². The van der Waals surface area contributed by atoms with E-state index in [-0.39, 0.29) is 46.3 Å². The molecule has 2 aliphatic heterocycles. The van der Waals surface area contributed by atoms with Gasteiger partial charge in [0.15, 0.2) is 22.4 Å². The summed E-state index contributed by atoms with van der Waals surface area (Å²) in [5.41, 5.74) is 0.429. The summed E-state index contributed by atoms with van der Waals surface area (Å²) in [4.78, 5) is 18.5. The highest BCUT2D eigenvalue weighted by Crippen LogP contribution is 2.53. The molecule has 3 rings (SSSR count). The number of carbonyl (C=O) groups is 1. The monoisotopic (exact) mass is 779 g/mol. The van der Waals surface area contributed by atoms with Gasteiger partial charge in [-0.15, -0.1) is 6.58 Å². The minimum Gasteiger partial charge on any atom is -0.497 e. The maximum Gasteiger partial charge on any atom is 0.248 e. The molecule has 2 saturated heterocycles. The highest BCUT2D eigenvalue weighted by atomic mass is 28.4. The molecule has 0 radical (unpaired) electrons. The number of carbonyl (C=O) groups excluding carboxylic acids is 1. The zero-order valence-electron chi connectivity index (χ0n) is 36.1. The number of benzene rings is 1. The fourth-order valence-electron chi connectivity index (χ4n) is 6.65. The number of epoxide rings is 1. The van der Waals surface area contributed by atoms with Crippen LogP contribution in [-0.2, 0) is 44.0 Å². The van der Waals surface area contributed by atoms with E-state index in [4.69, 9.17) is 37.4 Å². The van der Waals surface area contributed by atoms with Gasteiger partial charge in [0, 0.05) is 31.4 Å². The van der Waals surface area contributed by atoms with Crippen molar-refractivity contribution in [3.63, 3.8) is 0 Å². The van der Waals surface area contributed by atoms with Crippen LogP contribution in [0, 0.1) is 17.8 Å². The largest absolute Gasteiger partial charge is 0.497 e. The van der Waals surface area contributed by atoms with Crippen molar-refractivity contribution in [3.05, 3.63) is 42.5 Å². The van der Waals surface area contributed by atoms with Crippen molar-refractivity contribution < 1.29 is 42.2 Å². The van der Waals surface area contributed by atoms with E-state index in [2.05, 4.69) is 88.2 Å². The second kappa shape index (κ2) is 17.3. The summed E-state index contributed by atoms with van der Waals surface area (Å²) >= 11 is 0. The number of methoxy groups -OCH3 is 1. The zero-order chi connectivity index (χ0) is 40.4. The lowest BCUT2D eigenvalue weighted by atomic mass is 9.77. The Kier molecular flexibility index (Phi) is 14.9. The average Bonchev–Trinajstić information content (AvgIpc) is 3.74. The van der Waals surface area contributed by atoms with Crippen LogP contribution in [0.5, 0.6) is 5.75 Å². The van der Waals surface area contributed by atoms with E-state index in [0.29, 0.717) is 19.8 Å². The van der Waals surface area contributed by atoms with Gasteiger partial charge in [-0.2, -0.15) is 0 Å². The first kappa shape index (κ1) is 45.8. The summed E-state index contributed by atoms with van der Waals surface area (Å²) in [5, 5.41) is 1.15. The quantitative estimate of drug-likeness (QED) is 0.0627. The van der Waals surface area contributed by atoms with Crippen LogP contribution < -0.4 is 4.74 Å². The predicted octanol–water partition coefficient (Wildman–Crippen LogP) is 8.77. The second-order valence-electron chi connectivity index (χ2n) is 18.8. The molecule has 0 bridgehead atoms. The number of amides is 1. The fraction of sp³-hybridized carbons (Fsp3) is 0.780. The Hall–Kier alpha value is -1.62. The molecule has 1 aromatic carbocycles. The van der Waals surface area contributed by atoms with Crippen LogP contribution in [0.15, 0.2) is 36.9 Å². The molecule has 1 unspecified atom stereocenters. The molecule has 0 spiro atoms. The minimum atomic E-state index is -2.40. The topological polar surface area (TPSA) is 97.5 Å². The molecule has 0 aliphatic carbocycles. The maximum atomic E-state index is 13.3. The summed E-state index contributed by atoms with van der Waals surface area (Å²) in [5.74, 6) is -0.913. The molecule has 1 amide bonds. The molecule has 10 nitrogen and oxygen atoms in total. The number of hydroxylamine groups is 2. The van der Waals surface area contributed by atoms with E-state index in [1.165, 1.54) is 12.2 Å². The van der Waals surface area contributed by atoms with Gasteiger partial charge < -0.3 is 32.5 Å². The normalized spacial score (nSPS) is 26.7. The fourth-order valence-corrected chi connectivity index (χ4v) is 9.09. The average molecular weight is 780 g/mol. The number of rotatable bonds is 18.